The first-order valence-corrected chi connectivity index (χ1v) is 6.50. The molecule has 2 N–H and O–H groups in total. The predicted octanol–water partition coefficient (Wildman–Crippen LogP) is 1.54. The van der Waals surface area contributed by atoms with E-state index in [-0.39, 0.29) is 13.0 Å². The molecule has 0 aromatic heterocycles. The van der Waals surface area contributed by atoms with E-state index in [2.05, 4.69) is 4.90 Å². The van der Waals surface area contributed by atoms with Crippen LogP contribution < -0.4 is 5.73 Å². The van der Waals surface area contributed by atoms with Crippen LogP contribution in [0.1, 0.15) is 19.3 Å². The SMILES string of the molecule is CN(C)CC1CCN(C(CCN)C(F)(F)F)CC1. The third-order valence-corrected chi connectivity index (χ3v) is 3.53. The Kier molecular flexibility index (Phi) is 5.88. The molecule has 1 rings (SSSR count). The molecule has 0 amide bonds. The van der Waals surface area contributed by atoms with Crippen LogP contribution in [0.4, 0.5) is 13.2 Å². The van der Waals surface area contributed by atoms with E-state index in [0.717, 1.165) is 19.4 Å². The van der Waals surface area contributed by atoms with Crippen LogP contribution >= 0.6 is 0 Å². The van der Waals surface area contributed by atoms with E-state index in [9.17, 15) is 13.2 Å². The number of hydrogen-bond acceptors (Lipinski definition) is 3. The van der Waals surface area contributed by atoms with E-state index in [1.54, 1.807) is 4.90 Å². The van der Waals surface area contributed by atoms with Gasteiger partial charge in [0.15, 0.2) is 0 Å². The Hall–Kier alpha value is -0.330. The highest BCUT2D eigenvalue weighted by atomic mass is 19.4. The number of hydrogen-bond donors (Lipinski definition) is 1. The summed E-state index contributed by atoms with van der Waals surface area (Å²) in [6.45, 7) is 2.11. The predicted molar refractivity (Wildman–Crippen MR) is 66.4 cm³/mol. The molecule has 1 unspecified atom stereocenters. The molecule has 1 saturated heterocycles. The van der Waals surface area contributed by atoms with Crippen LogP contribution in [-0.2, 0) is 0 Å². The van der Waals surface area contributed by atoms with Gasteiger partial charge in [-0.3, -0.25) is 4.90 Å². The molecule has 0 saturated carbocycles. The topological polar surface area (TPSA) is 32.5 Å². The number of likely N-dealkylation sites (tertiary alicyclic amines) is 1. The number of halogens is 3. The number of piperidine rings is 1. The molecule has 0 aliphatic carbocycles. The van der Waals surface area contributed by atoms with Gasteiger partial charge in [0, 0.05) is 6.54 Å². The lowest BCUT2D eigenvalue weighted by Crippen LogP contribution is -2.50. The second kappa shape index (κ2) is 6.73. The molecule has 0 aromatic rings. The van der Waals surface area contributed by atoms with Crippen LogP contribution in [0.3, 0.4) is 0 Å². The maximum atomic E-state index is 12.9. The molecule has 1 atom stereocenters. The Labute approximate surface area is 107 Å². The Bertz CT molecular complexity index is 235. The van der Waals surface area contributed by atoms with Crippen molar-refractivity contribution in [1.29, 1.82) is 0 Å². The van der Waals surface area contributed by atoms with Crippen molar-refractivity contribution in [3.63, 3.8) is 0 Å². The molecule has 18 heavy (non-hydrogen) atoms. The summed E-state index contributed by atoms with van der Waals surface area (Å²) in [5.74, 6) is 0.517. The second-order valence-corrected chi connectivity index (χ2v) is 5.38. The minimum atomic E-state index is -4.16. The number of nitrogens with two attached hydrogens (primary N) is 1. The summed E-state index contributed by atoms with van der Waals surface area (Å²) in [7, 11) is 4.00. The molecule has 1 aliphatic heterocycles. The highest BCUT2D eigenvalue weighted by Crippen LogP contribution is 2.30. The normalized spacial score (nSPS) is 21.5. The Balaban J connectivity index is 2.49. The van der Waals surface area contributed by atoms with Gasteiger partial charge in [0.25, 0.3) is 0 Å². The number of alkyl halides is 3. The maximum absolute atomic E-state index is 12.9. The lowest BCUT2D eigenvalue weighted by Gasteiger charge is -2.38. The fourth-order valence-electron chi connectivity index (χ4n) is 2.67. The first-order valence-electron chi connectivity index (χ1n) is 6.50. The van der Waals surface area contributed by atoms with Crippen LogP contribution in [0.15, 0.2) is 0 Å². The molecular formula is C12H24F3N3. The van der Waals surface area contributed by atoms with Gasteiger partial charge in [0.1, 0.15) is 6.04 Å². The van der Waals surface area contributed by atoms with Crippen molar-refractivity contribution in [2.75, 3.05) is 40.3 Å². The second-order valence-electron chi connectivity index (χ2n) is 5.38. The fraction of sp³-hybridized carbons (Fsp3) is 1.00. The number of rotatable bonds is 5. The summed E-state index contributed by atoms with van der Waals surface area (Å²) >= 11 is 0. The average Bonchev–Trinajstić information content (AvgIpc) is 2.25. The minimum Gasteiger partial charge on any atom is -0.330 e. The summed E-state index contributed by atoms with van der Waals surface area (Å²) in [4.78, 5) is 3.65. The van der Waals surface area contributed by atoms with Gasteiger partial charge < -0.3 is 10.6 Å². The van der Waals surface area contributed by atoms with Gasteiger partial charge in [-0.25, -0.2) is 0 Å². The molecular weight excluding hydrogens is 243 g/mol. The zero-order chi connectivity index (χ0) is 13.8. The zero-order valence-electron chi connectivity index (χ0n) is 11.2. The van der Waals surface area contributed by atoms with Crippen LogP contribution in [-0.4, -0.2) is 62.3 Å². The summed E-state index contributed by atoms with van der Waals surface area (Å²) < 4.78 is 38.7. The van der Waals surface area contributed by atoms with Crippen LogP contribution in [0.5, 0.6) is 0 Å². The third kappa shape index (κ3) is 4.74. The van der Waals surface area contributed by atoms with Gasteiger partial charge in [-0.1, -0.05) is 0 Å². The molecule has 0 aromatic carbocycles. The van der Waals surface area contributed by atoms with E-state index in [0.29, 0.717) is 19.0 Å². The molecule has 0 bridgehead atoms. The first kappa shape index (κ1) is 15.7. The van der Waals surface area contributed by atoms with Crippen molar-refractivity contribution in [2.45, 2.75) is 31.5 Å². The molecule has 0 radical (unpaired) electrons. The van der Waals surface area contributed by atoms with Crippen molar-refractivity contribution in [3.05, 3.63) is 0 Å². The van der Waals surface area contributed by atoms with Gasteiger partial charge in [-0.05, 0) is 58.9 Å². The van der Waals surface area contributed by atoms with Crippen molar-refractivity contribution in [1.82, 2.24) is 9.80 Å². The molecule has 0 spiro atoms. The quantitative estimate of drug-likeness (QED) is 0.820. The monoisotopic (exact) mass is 267 g/mol. The van der Waals surface area contributed by atoms with E-state index in [1.165, 1.54) is 0 Å². The highest BCUT2D eigenvalue weighted by molar-refractivity contribution is 4.83. The molecule has 108 valence electrons. The van der Waals surface area contributed by atoms with Crippen molar-refractivity contribution >= 4 is 0 Å². The smallest absolute Gasteiger partial charge is 0.330 e. The summed E-state index contributed by atoms with van der Waals surface area (Å²) in [5, 5.41) is 0. The standard InChI is InChI=1S/C12H24F3N3/c1-17(2)9-10-4-7-18(8-5-10)11(3-6-16)12(13,14)15/h10-11H,3-9,16H2,1-2H3. The Morgan fingerprint density at radius 2 is 1.83 bits per heavy atom. The van der Waals surface area contributed by atoms with Gasteiger partial charge in [0.2, 0.25) is 0 Å². The van der Waals surface area contributed by atoms with Crippen molar-refractivity contribution in [3.8, 4) is 0 Å². The van der Waals surface area contributed by atoms with E-state index < -0.39 is 12.2 Å². The Morgan fingerprint density at radius 1 is 1.28 bits per heavy atom. The summed E-state index contributed by atoms with van der Waals surface area (Å²) in [6, 6.07) is -1.36. The number of nitrogens with zero attached hydrogens (tertiary/aromatic N) is 2. The molecule has 3 nitrogen and oxygen atoms in total. The van der Waals surface area contributed by atoms with Crippen LogP contribution in [0.2, 0.25) is 0 Å². The molecule has 1 heterocycles. The molecule has 1 aliphatic rings. The summed E-state index contributed by atoms with van der Waals surface area (Å²) in [5.41, 5.74) is 5.29. The van der Waals surface area contributed by atoms with Crippen LogP contribution in [0.25, 0.3) is 0 Å². The van der Waals surface area contributed by atoms with E-state index in [4.69, 9.17) is 5.73 Å². The highest BCUT2D eigenvalue weighted by Gasteiger charge is 2.43. The average molecular weight is 267 g/mol. The van der Waals surface area contributed by atoms with Gasteiger partial charge in [-0.2, -0.15) is 13.2 Å². The largest absolute Gasteiger partial charge is 0.404 e. The van der Waals surface area contributed by atoms with Crippen LogP contribution in [0, 0.1) is 5.92 Å². The molecule has 6 heteroatoms. The van der Waals surface area contributed by atoms with Crippen molar-refractivity contribution < 1.29 is 13.2 Å². The first-order chi connectivity index (χ1) is 8.34. The fourth-order valence-corrected chi connectivity index (χ4v) is 2.67. The zero-order valence-corrected chi connectivity index (χ0v) is 11.2. The third-order valence-electron chi connectivity index (χ3n) is 3.53. The summed E-state index contributed by atoms with van der Waals surface area (Å²) in [6.07, 6.45) is -2.47. The van der Waals surface area contributed by atoms with Gasteiger partial charge >= 0.3 is 6.18 Å². The maximum Gasteiger partial charge on any atom is 0.404 e. The lowest BCUT2D eigenvalue weighted by molar-refractivity contribution is -0.188. The minimum absolute atomic E-state index is 0.00183. The molecule has 1 fully saturated rings. The van der Waals surface area contributed by atoms with E-state index in [1.807, 2.05) is 14.1 Å². The lowest BCUT2D eigenvalue weighted by atomic mass is 9.94. The van der Waals surface area contributed by atoms with E-state index >= 15 is 0 Å². The van der Waals surface area contributed by atoms with Crippen molar-refractivity contribution in [2.24, 2.45) is 11.7 Å². The Morgan fingerprint density at radius 3 is 2.22 bits per heavy atom. The van der Waals surface area contributed by atoms with Gasteiger partial charge in [-0.15, -0.1) is 0 Å². The van der Waals surface area contributed by atoms with Gasteiger partial charge in [0.05, 0.1) is 0 Å².